The van der Waals surface area contributed by atoms with Crippen LogP contribution in [0, 0.1) is 6.92 Å². The zero-order valence-corrected chi connectivity index (χ0v) is 16.8. The molecule has 3 rings (SSSR count). The van der Waals surface area contributed by atoms with Gasteiger partial charge < -0.3 is 24.9 Å². The van der Waals surface area contributed by atoms with Crippen molar-refractivity contribution in [2.45, 2.75) is 6.92 Å². The van der Waals surface area contributed by atoms with Crippen molar-refractivity contribution in [3.05, 3.63) is 40.2 Å². The molecule has 10 heteroatoms. The van der Waals surface area contributed by atoms with Crippen LogP contribution in [0.15, 0.2) is 33.3 Å². The van der Waals surface area contributed by atoms with E-state index in [0.29, 0.717) is 49.9 Å². The summed E-state index contributed by atoms with van der Waals surface area (Å²) < 4.78 is 5.18. The summed E-state index contributed by atoms with van der Waals surface area (Å²) in [6.45, 7) is 5.41. The lowest BCUT2D eigenvalue weighted by Crippen LogP contribution is -2.54. The maximum absolute atomic E-state index is 12.3. The Hall–Kier alpha value is -2.88. The summed E-state index contributed by atoms with van der Waals surface area (Å²) in [7, 11) is 1.72. The van der Waals surface area contributed by atoms with E-state index < -0.39 is 0 Å². The number of aromatic nitrogens is 1. The number of hydrogen-bond donors (Lipinski definition) is 2. The number of furan rings is 1. The summed E-state index contributed by atoms with van der Waals surface area (Å²) in [5.41, 5.74) is 2.41. The molecule has 2 aromatic rings. The highest BCUT2D eigenvalue weighted by Crippen LogP contribution is 2.11. The first-order valence-electron chi connectivity index (χ1n) is 9.07. The summed E-state index contributed by atoms with van der Waals surface area (Å²) >= 11 is 1.34. The molecule has 2 aromatic heterocycles. The van der Waals surface area contributed by atoms with Gasteiger partial charge in [0.2, 0.25) is 0 Å². The lowest BCUT2D eigenvalue weighted by Gasteiger charge is -2.36. The van der Waals surface area contributed by atoms with Crippen LogP contribution in [-0.2, 0) is 0 Å². The Balaban J connectivity index is 1.40. The van der Waals surface area contributed by atoms with Gasteiger partial charge in [-0.1, -0.05) is 0 Å². The number of carbonyl (C=O) groups is 2. The minimum atomic E-state index is -0.109. The van der Waals surface area contributed by atoms with E-state index in [1.54, 1.807) is 29.6 Å². The van der Waals surface area contributed by atoms with Gasteiger partial charge in [0.25, 0.3) is 11.8 Å². The molecular formula is C18H24N6O3S. The van der Waals surface area contributed by atoms with Crippen molar-refractivity contribution >= 4 is 29.1 Å². The smallest absolute Gasteiger partial charge is 0.289 e. The van der Waals surface area contributed by atoms with Crippen LogP contribution in [0.2, 0.25) is 0 Å². The number of thiazole rings is 1. The average Bonchev–Trinajstić information content (AvgIpc) is 3.39. The molecule has 1 aliphatic rings. The molecule has 1 saturated heterocycles. The molecule has 0 radical (unpaired) electrons. The number of hydrogen-bond acceptors (Lipinski definition) is 6. The van der Waals surface area contributed by atoms with E-state index in [9.17, 15) is 9.59 Å². The molecule has 9 nitrogen and oxygen atoms in total. The second-order valence-electron chi connectivity index (χ2n) is 6.25. The van der Waals surface area contributed by atoms with Gasteiger partial charge in [-0.15, -0.1) is 11.3 Å². The third kappa shape index (κ3) is 4.69. The molecule has 1 aliphatic heterocycles. The lowest BCUT2D eigenvalue weighted by molar-refractivity contribution is 0.0657. The van der Waals surface area contributed by atoms with Gasteiger partial charge >= 0.3 is 0 Å². The molecule has 0 bridgehead atoms. The maximum Gasteiger partial charge on any atom is 0.289 e. The molecule has 0 saturated carbocycles. The van der Waals surface area contributed by atoms with Gasteiger partial charge in [-0.3, -0.25) is 14.6 Å². The lowest BCUT2D eigenvalue weighted by atomic mass is 10.3. The molecule has 0 spiro atoms. The highest BCUT2D eigenvalue weighted by Gasteiger charge is 2.25. The van der Waals surface area contributed by atoms with Crippen LogP contribution in [0.3, 0.4) is 0 Å². The summed E-state index contributed by atoms with van der Waals surface area (Å²) in [5, 5.41) is 6.13. The number of amides is 2. The highest BCUT2D eigenvalue weighted by molar-refractivity contribution is 7.11. The molecule has 0 atom stereocenters. The molecule has 0 aromatic carbocycles. The number of nitrogens with zero attached hydrogens (tertiary/aromatic N) is 4. The van der Waals surface area contributed by atoms with Crippen molar-refractivity contribution in [2.75, 3.05) is 46.3 Å². The van der Waals surface area contributed by atoms with Gasteiger partial charge in [-0.2, -0.15) is 0 Å². The first-order valence-corrected chi connectivity index (χ1v) is 9.94. The minimum absolute atomic E-state index is 0.0892. The van der Waals surface area contributed by atoms with Crippen LogP contribution < -0.4 is 10.6 Å². The van der Waals surface area contributed by atoms with Crippen LogP contribution >= 0.6 is 11.3 Å². The second-order valence-corrected chi connectivity index (χ2v) is 7.11. The van der Waals surface area contributed by atoms with Crippen molar-refractivity contribution in [3.63, 3.8) is 0 Å². The van der Waals surface area contributed by atoms with E-state index in [1.807, 2.05) is 6.92 Å². The molecule has 28 heavy (non-hydrogen) atoms. The van der Waals surface area contributed by atoms with Crippen LogP contribution in [0.4, 0.5) is 0 Å². The first kappa shape index (κ1) is 19.9. The number of nitrogens with one attached hydrogen (secondary N) is 2. The van der Waals surface area contributed by atoms with Crippen LogP contribution in [0.25, 0.3) is 0 Å². The topological polar surface area (TPSA) is 103 Å². The predicted molar refractivity (Wildman–Crippen MR) is 107 cm³/mol. The summed E-state index contributed by atoms with van der Waals surface area (Å²) in [5.74, 6) is 0.923. The van der Waals surface area contributed by atoms with Crippen LogP contribution in [0.5, 0.6) is 0 Å². The zero-order valence-electron chi connectivity index (χ0n) is 16.0. The third-order valence-corrected chi connectivity index (χ3v) is 5.38. The van der Waals surface area contributed by atoms with Gasteiger partial charge in [-0.25, -0.2) is 4.98 Å². The molecule has 2 amide bonds. The van der Waals surface area contributed by atoms with Crippen LogP contribution in [0.1, 0.15) is 25.9 Å². The monoisotopic (exact) mass is 404 g/mol. The first-order chi connectivity index (χ1) is 13.6. The van der Waals surface area contributed by atoms with E-state index in [1.165, 1.54) is 17.6 Å². The van der Waals surface area contributed by atoms with Gasteiger partial charge in [0, 0.05) is 46.3 Å². The highest BCUT2D eigenvalue weighted by atomic mass is 32.1. The largest absolute Gasteiger partial charge is 0.459 e. The van der Waals surface area contributed by atoms with Gasteiger partial charge in [0.15, 0.2) is 11.7 Å². The molecular weight excluding hydrogens is 380 g/mol. The summed E-state index contributed by atoms with van der Waals surface area (Å²) in [6.07, 6.45) is 1.50. The van der Waals surface area contributed by atoms with Crippen LogP contribution in [-0.4, -0.2) is 78.9 Å². The number of guanidine groups is 1. The average molecular weight is 404 g/mol. The standard InChI is InChI=1S/C18H24N6O3S/c1-13-15(28-12-22-13)16(25)20-5-6-21-18(19-2)24-9-7-23(8-10-24)17(26)14-4-3-11-27-14/h3-4,11-12H,5-10H2,1-2H3,(H,19,21)(H,20,25). The van der Waals surface area contributed by atoms with E-state index in [2.05, 4.69) is 25.5 Å². The predicted octanol–water partition coefficient (Wildman–Crippen LogP) is 0.808. The minimum Gasteiger partial charge on any atom is -0.459 e. The number of rotatable bonds is 5. The molecule has 2 N–H and O–H groups in total. The zero-order chi connectivity index (χ0) is 19.9. The van der Waals surface area contributed by atoms with E-state index in [0.717, 1.165) is 11.7 Å². The number of piperazine rings is 1. The molecule has 0 aliphatic carbocycles. The second kappa shape index (κ2) is 9.36. The Kier molecular flexibility index (Phi) is 6.64. The number of aliphatic imine (C=N–C) groups is 1. The molecule has 3 heterocycles. The van der Waals surface area contributed by atoms with E-state index >= 15 is 0 Å². The SMILES string of the molecule is CN=C(NCCNC(=O)c1scnc1C)N1CCN(C(=O)c2ccco2)CC1. The third-order valence-electron chi connectivity index (χ3n) is 4.46. The van der Waals surface area contributed by atoms with Crippen molar-refractivity contribution in [1.82, 2.24) is 25.4 Å². The van der Waals surface area contributed by atoms with Gasteiger partial charge in [0.05, 0.1) is 17.5 Å². The Morgan fingerprint density at radius 3 is 2.54 bits per heavy atom. The van der Waals surface area contributed by atoms with Gasteiger partial charge in [0.1, 0.15) is 4.88 Å². The maximum atomic E-state index is 12.3. The number of carbonyl (C=O) groups excluding carboxylic acids is 2. The summed E-state index contributed by atoms with van der Waals surface area (Å²) in [4.78, 5) is 37.3. The fourth-order valence-corrected chi connectivity index (χ4v) is 3.68. The van der Waals surface area contributed by atoms with Crippen molar-refractivity contribution in [2.24, 2.45) is 4.99 Å². The normalized spacial score (nSPS) is 14.9. The molecule has 150 valence electrons. The van der Waals surface area contributed by atoms with Crippen molar-refractivity contribution in [3.8, 4) is 0 Å². The van der Waals surface area contributed by atoms with Crippen molar-refractivity contribution in [1.29, 1.82) is 0 Å². The molecule has 0 unspecified atom stereocenters. The van der Waals surface area contributed by atoms with Crippen molar-refractivity contribution < 1.29 is 14.0 Å². The fraction of sp³-hybridized carbons (Fsp3) is 0.444. The Morgan fingerprint density at radius 1 is 1.21 bits per heavy atom. The Bertz CT molecular complexity index is 824. The summed E-state index contributed by atoms with van der Waals surface area (Å²) in [6, 6.07) is 3.39. The fourth-order valence-electron chi connectivity index (χ4n) is 2.96. The van der Waals surface area contributed by atoms with Gasteiger partial charge in [-0.05, 0) is 19.1 Å². The Morgan fingerprint density at radius 2 is 1.93 bits per heavy atom. The van der Waals surface area contributed by atoms with E-state index in [4.69, 9.17) is 4.42 Å². The molecule has 1 fully saturated rings. The quantitative estimate of drug-likeness (QED) is 0.434. The van der Waals surface area contributed by atoms with E-state index in [-0.39, 0.29) is 11.8 Å². The number of aryl methyl sites for hydroxylation is 1. The Labute approximate surface area is 167 Å².